The second-order valence-corrected chi connectivity index (χ2v) is 4.54. The Hall–Kier alpha value is -0.730. The van der Waals surface area contributed by atoms with Gasteiger partial charge in [-0.15, -0.1) is 11.8 Å². The van der Waals surface area contributed by atoms with Crippen LogP contribution in [0, 0.1) is 11.3 Å². The first-order chi connectivity index (χ1) is 6.74. The van der Waals surface area contributed by atoms with Gasteiger partial charge in [-0.05, 0) is 6.92 Å². The summed E-state index contributed by atoms with van der Waals surface area (Å²) in [6, 6.07) is 2.10. The van der Waals surface area contributed by atoms with Crippen molar-refractivity contribution in [3.05, 3.63) is 0 Å². The van der Waals surface area contributed by atoms with Gasteiger partial charge in [0.15, 0.2) is 0 Å². The molecule has 0 spiro atoms. The predicted molar refractivity (Wildman–Crippen MR) is 57.0 cm³/mol. The van der Waals surface area contributed by atoms with Gasteiger partial charge in [-0.25, -0.2) is 0 Å². The van der Waals surface area contributed by atoms with Gasteiger partial charge in [-0.1, -0.05) is 0 Å². The number of hydrogen-bond donors (Lipinski definition) is 1. The van der Waals surface area contributed by atoms with Crippen molar-refractivity contribution >= 4 is 17.7 Å². The fourth-order valence-corrected chi connectivity index (χ4v) is 1.89. The van der Waals surface area contributed by atoms with Crippen LogP contribution in [0.2, 0.25) is 0 Å². The molecular formula is C9H15N3OS. The van der Waals surface area contributed by atoms with Crippen LogP contribution in [0.15, 0.2) is 0 Å². The summed E-state index contributed by atoms with van der Waals surface area (Å²) in [5.41, 5.74) is 0. The van der Waals surface area contributed by atoms with Crippen molar-refractivity contribution in [3.8, 4) is 6.07 Å². The zero-order valence-electron chi connectivity index (χ0n) is 8.32. The highest BCUT2D eigenvalue weighted by Gasteiger charge is 2.16. The Balaban J connectivity index is 2.24. The van der Waals surface area contributed by atoms with Crippen molar-refractivity contribution in [2.75, 3.05) is 31.9 Å². The maximum atomic E-state index is 11.6. The summed E-state index contributed by atoms with van der Waals surface area (Å²) in [5, 5.41) is 11.6. The number of rotatable bonds is 3. The summed E-state index contributed by atoms with van der Waals surface area (Å²) in [5.74, 6) is 0.577. The summed E-state index contributed by atoms with van der Waals surface area (Å²) in [7, 11) is 0. The molecular weight excluding hydrogens is 198 g/mol. The number of nitrogens with zero attached hydrogens (tertiary/aromatic N) is 2. The Bertz CT molecular complexity index is 233. The van der Waals surface area contributed by atoms with Crippen LogP contribution in [0.4, 0.5) is 0 Å². The van der Waals surface area contributed by atoms with E-state index in [1.807, 2.05) is 11.8 Å². The summed E-state index contributed by atoms with van der Waals surface area (Å²) < 4.78 is 0. The van der Waals surface area contributed by atoms with Gasteiger partial charge in [0.05, 0.1) is 17.1 Å². The lowest BCUT2D eigenvalue weighted by Gasteiger charge is -2.27. The lowest BCUT2D eigenvalue weighted by atomic mass is 10.3. The van der Waals surface area contributed by atoms with E-state index < -0.39 is 0 Å². The molecule has 4 nitrogen and oxygen atoms in total. The van der Waals surface area contributed by atoms with Crippen LogP contribution in [0.5, 0.6) is 0 Å². The zero-order chi connectivity index (χ0) is 10.4. The SMILES string of the molecule is CC(C#N)SCC(=O)N1CCNCC1. The summed E-state index contributed by atoms with van der Waals surface area (Å²) in [6.07, 6.45) is 0. The first-order valence-electron chi connectivity index (χ1n) is 4.73. The van der Waals surface area contributed by atoms with Crippen LogP contribution in [0.1, 0.15) is 6.92 Å². The summed E-state index contributed by atoms with van der Waals surface area (Å²) in [4.78, 5) is 13.4. The minimum Gasteiger partial charge on any atom is -0.339 e. The minimum absolute atomic E-state index is 0.0955. The van der Waals surface area contributed by atoms with Gasteiger partial charge in [-0.3, -0.25) is 4.79 Å². The molecule has 0 aromatic heterocycles. The monoisotopic (exact) mass is 213 g/mol. The number of piperazine rings is 1. The third kappa shape index (κ3) is 3.56. The number of nitriles is 1. The van der Waals surface area contributed by atoms with Crippen molar-refractivity contribution in [1.29, 1.82) is 5.26 Å². The maximum absolute atomic E-state index is 11.6. The summed E-state index contributed by atoms with van der Waals surface area (Å²) in [6.45, 7) is 5.16. The molecule has 1 unspecified atom stereocenters. The van der Waals surface area contributed by atoms with Gasteiger partial charge >= 0.3 is 0 Å². The Morgan fingerprint density at radius 3 is 2.86 bits per heavy atom. The number of carbonyl (C=O) groups excluding carboxylic acids is 1. The second kappa shape index (κ2) is 5.89. The number of thioether (sulfide) groups is 1. The normalized spacial score (nSPS) is 18.7. The molecule has 0 bridgehead atoms. The Labute approximate surface area is 88.6 Å². The lowest BCUT2D eigenvalue weighted by molar-refractivity contribution is -0.128. The topological polar surface area (TPSA) is 56.1 Å². The van der Waals surface area contributed by atoms with Crippen molar-refractivity contribution in [1.82, 2.24) is 10.2 Å². The number of amides is 1. The van der Waals surface area contributed by atoms with E-state index in [4.69, 9.17) is 5.26 Å². The average molecular weight is 213 g/mol. The van der Waals surface area contributed by atoms with Crippen LogP contribution in [0.25, 0.3) is 0 Å². The standard InChI is InChI=1S/C9H15N3OS/c1-8(6-10)14-7-9(13)12-4-2-11-3-5-12/h8,11H,2-5,7H2,1H3. The largest absolute Gasteiger partial charge is 0.339 e. The first-order valence-corrected chi connectivity index (χ1v) is 5.78. The molecule has 0 aromatic carbocycles. The molecule has 1 aliphatic heterocycles. The van der Waals surface area contributed by atoms with Gasteiger partial charge in [0.1, 0.15) is 0 Å². The van der Waals surface area contributed by atoms with Crippen molar-refractivity contribution in [3.63, 3.8) is 0 Å². The molecule has 0 aliphatic carbocycles. The summed E-state index contributed by atoms with van der Waals surface area (Å²) >= 11 is 1.41. The molecule has 1 aliphatic rings. The highest BCUT2D eigenvalue weighted by atomic mass is 32.2. The molecule has 0 saturated carbocycles. The number of carbonyl (C=O) groups is 1. The van der Waals surface area contributed by atoms with Gasteiger partial charge in [0.25, 0.3) is 0 Å². The first kappa shape index (κ1) is 11.3. The quantitative estimate of drug-likeness (QED) is 0.720. The number of nitrogens with one attached hydrogen (secondary N) is 1. The molecule has 78 valence electrons. The van der Waals surface area contributed by atoms with Crippen LogP contribution in [0.3, 0.4) is 0 Å². The smallest absolute Gasteiger partial charge is 0.232 e. The highest BCUT2D eigenvalue weighted by Crippen LogP contribution is 2.10. The van der Waals surface area contributed by atoms with E-state index in [0.717, 1.165) is 26.2 Å². The van der Waals surface area contributed by atoms with E-state index in [0.29, 0.717) is 5.75 Å². The fourth-order valence-electron chi connectivity index (χ4n) is 1.24. The Morgan fingerprint density at radius 1 is 1.64 bits per heavy atom. The molecule has 14 heavy (non-hydrogen) atoms. The molecule has 5 heteroatoms. The fraction of sp³-hybridized carbons (Fsp3) is 0.778. The van der Waals surface area contributed by atoms with Crippen LogP contribution in [-0.2, 0) is 4.79 Å². The maximum Gasteiger partial charge on any atom is 0.232 e. The molecule has 1 N–H and O–H groups in total. The van der Waals surface area contributed by atoms with Crippen molar-refractivity contribution in [2.24, 2.45) is 0 Å². The van der Waals surface area contributed by atoms with Gasteiger partial charge < -0.3 is 10.2 Å². The van der Waals surface area contributed by atoms with E-state index in [-0.39, 0.29) is 11.2 Å². The third-order valence-electron chi connectivity index (χ3n) is 2.11. The van der Waals surface area contributed by atoms with Crippen LogP contribution >= 0.6 is 11.8 Å². The van der Waals surface area contributed by atoms with Gasteiger partial charge in [-0.2, -0.15) is 5.26 Å². The van der Waals surface area contributed by atoms with E-state index in [9.17, 15) is 4.79 Å². The molecule has 0 radical (unpaired) electrons. The predicted octanol–water partition coefficient (Wildman–Crippen LogP) is 0.0635. The third-order valence-corrected chi connectivity index (χ3v) is 3.13. The molecule has 0 aromatic rings. The average Bonchev–Trinajstić information content (AvgIpc) is 2.26. The van der Waals surface area contributed by atoms with Crippen LogP contribution in [-0.4, -0.2) is 48.0 Å². The van der Waals surface area contributed by atoms with Gasteiger partial charge in [0, 0.05) is 26.2 Å². The van der Waals surface area contributed by atoms with E-state index >= 15 is 0 Å². The van der Waals surface area contributed by atoms with E-state index in [1.165, 1.54) is 11.8 Å². The minimum atomic E-state index is -0.0955. The van der Waals surface area contributed by atoms with E-state index in [1.54, 1.807) is 0 Å². The molecule has 1 atom stereocenters. The van der Waals surface area contributed by atoms with Crippen LogP contribution < -0.4 is 5.32 Å². The Kier molecular flexibility index (Phi) is 4.77. The zero-order valence-corrected chi connectivity index (χ0v) is 9.14. The second-order valence-electron chi connectivity index (χ2n) is 3.21. The van der Waals surface area contributed by atoms with Gasteiger partial charge in [0.2, 0.25) is 5.91 Å². The van der Waals surface area contributed by atoms with Crippen molar-refractivity contribution < 1.29 is 4.79 Å². The Morgan fingerprint density at radius 2 is 2.29 bits per heavy atom. The van der Waals surface area contributed by atoms with Crippen molar-refractivity contribution in [2.45, 2.75) is 12.2 Å². The molecule has 1 fully saturated rings. The highest BCUT2D eigenvalue weighted by molar-refractivity contribution is 8.00. The molecule has 1 amide bonds. The molecule has 1 rings (SSSR count). The van der Waals surface area contributed by atoms with E-state index in [2.05, 4.69) is 11.4 Å². The number of hydrogen-bond acceptors (Lipinski definition) is 4. The molecule has 1 heterocycles. The molecule has 1 saturated heterocycles. The lowest BCUT2D eigenvalue weighted by Crippen LogP contribution is -2.47.